The molecule has 0 saturated carbocycles. The maximum Gasteiger partial charge on any atom is 0.418 e. The number of anilines is 1. The molecule has 0 fully saturated rings. The molecular weight excluding hydrogens is 391 g/mol. The second-order valence-electron chi connectivity index (χ2n) is 4.32. The first kappa shape index (κ1) is 16.5. The van der Waals surface area contributed by atoms with Crippen LogP contribution in [0.1, 0.15) is 19.4 Å². The SMILES string of the molecule is CC(C)C(Br)C(=O)Nc1ccc(Br)cc1C(F)(F)F. The summed E-state index contributed by atoms with van der Waals surface area (Å²) in [5.74, 6) is -0.521. The van der Waals surface area contributed by atoms with Crippen LogP contribution in [0.5, 0.6) is 0 Å². The summed E-state index contributed by atoms with van der Waals surface area (Å²) in [5, 5.41) is 2.30. The molecule has 0 radical (unpaired) electrons. The maximum absolute atomic E-state index is 12.9. The Hall–Kier alpha value is -0.560. The van der Waals surface area contributed by atoms with Gasteiger partial charge in [0, 0.05) is 4.47 Å². The van der Waals surface area contributed by atoms with E-state index >= 15 is 0 Å². The van der Waals surface area contributed by atoms with Crippen LogP contribution in [0, 0.1) is 5.92 Å². The van der Waals surface area contributed by atoms with Gasteiger partial charge in [0.1, 0.15) is 0 Å². The molecule has 106 valence electrons. The molecule has 1 atom stereocenters. The molecule has 1 amide bonds. The Morgan fingerprint density at radius 2 is 1.89 bits per heavy atom. The van der Waals surface area contributed by atoms with Gasteiger partial charge in [-0.15, -0.1) is 0 Å². The third-order valence-electron chi connectivity index (χ3n) is 2.38. The fraction of sp³-hybridized carbons (Fsp3) is 0.417. The lowest BCUT2D eigenvalue weighted by molar-refractivity contribution is -0.137. The third kappa shape index (κ3) is 4.49. The highest BCUT2D eigenvalue weighted by Crippen LogP contribution is 2.36. The molecule has 0 heterocycles. The molecule has 0 bridgehead atoms. The summed E-state index contributed by atoms with van der Waals surface area (Å²) in [6.45, 7) is 3.59. The highest BCUT2D eigenvalue weighted by Gasteiger charge is 2.34. The molecule has 7 heteroatoms. The van der Waals surface area contributed by atoms with Crippen LogP contribution in [0.3, 0.4) is 0 Å². The average molecular weight is 403 g/mol. The van der Waals surface area contributed by atoms with Gasteiger partial charge in [0.05, 0.1) is 16.1 Å². The van der Waals surface area contributed by atoms with E-state index in [9.17, 15) is 18.0 Å². The molecule has 1 aromatic rings. The van der Waals surface area contributed by atoms with E-state index in [1.54, 1.807) is 13.8 Å². The average Bonchev–Trinajstić information content (AvgIpc) is 2.28. The number of halogens is 5. The second-order valence-corrected chi connectivity index (χ2v) is 6.22. The molecule has 1 unspecified atom stereocenters. The Morgan fingerprint density at radius 1 is 1.32 bits per heavy atom. The zero-order valence-electron chi connectivity index (χ0n) is 10.2. The second kappa shape index (κ2) is 6.26. The van der Waals surface area contributed by atoms with Crippen molar-refractivity contribution < 1.29 is 18.0 Å². The highest BCUT2D eigenvalue weighted by molar-refractivity contribution is 9.10. The van der Waals surface area contributed by atoms with Crippen LogP contribution >= 0.6 is 31.9 Å². The van der Waals surface area contributed by atoms with Crippen molar-refractivity contribution in [1.82, 2.24) is 0 Å². The molecule has 0 saturated heterocycles. The van der Waals surface area contributed by atoms with Crippen LogP contribution in [0.2, 0.25) is 0 Å². The highest BCUT2D eigenvalue weighted by atomic mass is 79.9. The number of amides is 1. The van der Waals surface area contributed by atoms with Gasteiger partial charge in [-0.25, -0.2) is 0 Å². The van der Waals surface area contributed by atoms with Crippen molar-refractivity contribution in [2.75, 3.05) is 5.32 Å². The minimum Gasteiger partial charge on any atom is -0.325 e. The zero-order chi connectivity index (χ0) is 14.8. The molecule has 0 aliphatic heterocycles. The predicted octanol–water partition coefficient (Wildman–Crippen LogP) is 4.83. The third-order valence-corrected chi connectivity index (χ3v) is 4.35. The van der Waals surface area contributed by atoms with Gasteiger partial charge < -0.3 is 5.32 Å². The number of benzene rings is 1. The minimum absolute atomic E-state index is 0.0233. The first-order chi connectivity index (χ1) is 8.62. The predicted molar refractivity (Wildman–Crippen MR) is 75.3 cm³/mol. The number of nitrogens with one attached hydrogen (secondary N) is 1. The normalized spacial score (nSPS) is 13.5. The van der Waals surface area contributed by atoms with Crippen molar-refractivity contribution in [1.29, 1.82) is 0 Å². The number of hydrogen-bond acceptors (Lipinski definition) is 1. The van der Waals surface area contributed by atoms with Gasteiger partial charge in [-0.1, -0.05) is 45.7 Å². The Morgan fingerprint density at radius 3 is 2.37 bits per heavy atom. The zero-order valence-corrected chi connectivity index (χ0v) is 13.4. The van der Waals surface area contributed by atoms with Gasteiger partial charge in [-0.3, -0.25) is 4.79 Å². The van der Waals surface area contributed by atoms with Crippen molar-refractivity contribution in [2.45, 2.75) is 24.9 Å². The summed E-state index contributed by atoms with van der Waals surface area (Å²) < 4.78 is 38.9. The molecule has 0 aromatic heterocycles. The first-order valence-corrected chi connectivity index (χ1v) is 7.15. The van der Waals surface area contributed by atoms with Crippen molar-refractivity contribution in [3.05, 3.63) is 28.2 Å². The van der Waals surface area contributed by atoms with E-state index in [1.165, 1.54) is 12.1 Å². The van der Waals surface area contributed by atoms with E-state index in [0.29, 0.717) is 4.47 Å². The summed E-state index contributed by atoms with van der Waals surface area (Å²) in [6, 6.07) is 3.61. The molecular formula is C12H12Br2F3NO. The molecule has 0 aliphatic carbocycles. The van der Waals surface area contributed by atoms with Crippen LogP contribution < -0.4 is 5.32 Å². The lowest BCUT2D eigenvalue weighted by Crippen LogP contribution is -2.28. The lowest BCUT2D eigenvalue weighted by atomic mass is 10.1. The first-order valence-electron chi connectivity index (χ1n) is 5.44. The fourth-order valence-electron chi connectivity index (χ4n) is 1.36. The van der Waals surface area contributed by atoms with Gasteiger partial charge in [-0.05, 0) is 24.1 Å². The molecule has 2 nitrogen and oxygen atoms in total. The topological polar surface area (TPSA) is 29.1 Å². The van der Waals surface area contributed by atoms with Crippen molar-refractivity contribution >= 4 is 43.5 Å². The molecule has 1 N–H and O–H groups in total. The van der Waals surface area contributed by atoms with Crippen LogP contribution in [0.15, 0.2) is 22.7 Å². The van der Waals surface area contributed by atoms with Gasteiger partial charge >= 0.3 is 6.18 Å². The Balaban J connectivity index is 3.05. The number of carbonyl (C=O) groups excluding carboxylic acids is 1. The van der Waals surface area contributed by atoms with Crippen LogP contribution in [-0.4, -0.2) is 10.7 Å². The Labute approximate surface area is 126 Å². The number of carbonyl (C=O) groups is 1. The maximum atomic E-state index is 12.9. The van der Waals surface area contributed by atoms with Crippen LogP contribution in [-0.2, 0) is 11.0 Å². The Bertz CT molecular complexity index is 475. The van der Waals surface area contributed by atoms with Gasteiger partial charge in [0.2, 0.25) is 5.91 Å². The van der Waals surface area contributed by atoms with E-state index in [4.69, 9.17) is 0 Å². The van der Waals surface area contributed by atoms with Gasteiger partial charge in [0.25, 0.3) is 0 Å². The largest absolute Gasteiger partial charge is 0.418 e. The summed E-state index contributed by atoms with van der Waals surface area (Å²) in [4.78, 5) is 11.2. The summed E-state index contributed by atoms with van der Waals surface area (Å²) >= 11 is 6.14. The fourth-order valence-corrected chi connectivity index (χ4v) is 1.84. The summed E-state index contributed by atoms with van der Waals surface area (Å²) in [7, 11) is 0. The molecule has 0 aliphatic rings. The van der Waals surface area contributed by atoms with E-state index in [1.807, 2.05) is 0 Å². The lowest BCUT2D eigenvalue weighted by Gasteiger charge is -2.17. The minimum atomic E-state index is -4.52. The Kier molecular flexibility index (Phi) is 5.43. The smallest absolute Gasteiger partial charge is 0.325 e. The number of hydrogen-bond donors (Lipinski definition) is 1. The monoisotopic (exact) mass is 401 g/mol. The van der Waals surface area contributed by atoms with Crippen molar-refractivity contribution in [3.63, 3.8) is 0 Å². The van der Waals surface area contributed by atoms with Crippen molar-refractivity contribution in [3.8, 4) is 0 Å². The standard InChI is InChI=1S/C12H12Br2F3NO/c1-6(2)10(14)11(19)18-9-4-3-7(13)5-8(9)12(15,16)17/h3-6,10H,1-2H3,(H,18,19). The van der Waals surface area contributed by atoms with Crippen molar-refractivity contribution in [2.24, 2.45) is 5.92 Å². The number of alkyl halides is 4. The summed E-state index contributed by atoms with van der Waals surface area (Å²) in [6.07, 6.45) is -4.52. The van der Waals surface area contributed by atoms with E-state index in [-0.39, 0.29) is 11.6 Å². The quantitative estimate of drug-likeness (QED) is 0.721. The van der Waals surface area contributed by atoms with Crippen LogP contribution in [0.4, 0.5) is 18.9 Å². The molecule has 19 heavy (non-hydrogen) atoms. The van der Waals surface area contributed by atoms with Gasteiger partial charge in [0.15, 0.2) is 0 Å². The van der Waals surface area contributed by atoms with E-state index in [0.717, 1.165) is 6.07 Å². The van der Waals surface area contributed by atoms with Crippen LogP contribution in [0.25, 0.3) is 0 Å². The molecule has 1 rings (SSSR count). The molecule has 1 aromatic carbocycles. The van der Waals surface area contributed by atoms with E-state index in [2.05, 4.69) is 37.2 Å². The van der Waals surface area contributed by atoms with E-state index < -0.39 is 22.5 Å². The molecule has 0 spiro atoms. The number of rotatable bonds is 3. The van der Waals surface area contributed by atoms with Gasteiger partial charge in [-0.2, -0.15) is 13.2 Å². The summed E-state index contributed by atoms with van der Waals surface area (Å²) in [5.41, 5.74) is -1.12.